The van der Waals surface area contributed by atoms with Gasteiger partial charge < -0.3 is 5.32 Å². The Morgan fingerprint density at radius 2 is 2.05 bits per heavy atom. The lowest BCUT2D eigenvalue weighted by atomic mass is 10.0. The molecule has 0 aliphatic rings. The molecule has 6 heteroatoms. The second-order valence-corrected chi connectivity index (χ2v) is 8.76. The molecule has 0 bridgehead atoms. The molecule has 0 fully saturated rings. The van der Waals surface area contributed by atoms with Crippen LogP contribution in [0.3, 0.4) is 0 Å². The van der Waals surface area contributed by atoms with Crippen LogP contribution in [-0.4, -0.2) is 32.5 Å². The van der Waals surface area contributed by atoms with E-state index in [1.54, 1.807) is 6.92 Å². The molecule has 0 saturated carbocycles. The van der Waals surface area contributed by atoms with Gasteiger partial charge >= 0.3 is 0 Å². The molecule has 114 valence electrons. The highest BCUT2D eigenvalue weighted by Gasteiger charge is 2.26. The van der Waals surface area contributed by atoms with E-state index in [1.165, 1.54) is 6.26 Å². The average molecular weight is 383 g/mol. The molecule has 0 radical (unpaired) electrons. The van der Waals surface area contributed by atoms with Crippen LogP contribution in [0.4, 0.5) is 0 Å². The minimum atomic E-state index is -3.09. The molecule has 0 saturated heterocycles. The van der Waals surface area contributed by atoms with Crippen LogP contribution in [0.25, 0.3) is 0 Å². The third-order valence-electron chi connectivity index (χ3n) is 3.35. The molecule has 0 spiro atoms. The van der Waals surface area contributed by atoms with Gasteiger partial charge in [-0.25, -0.2) is 8.42 Å². The first-order chi connectivity index (χ1) is 9.25. The molecule has 3 nitrogen and oxygen atoms in total. The van der Waals surface area contributed by atoms with E-state index in [0.29, 0.717) is 11.4 Å². The molecule has 0 aliphatic carbocycles. The van der Waals surface area contributed by atoms with Gasteiger partial charge in [0, 0.05) is 21.8 Å². The number of benzene rings is 1. The Hall–Kier alpha value is -0.100. The van der Waals surface area contributed by atoms with Crippen molar-refractivity contribution in [1.82, 2.24) is 5.32 Å². The van der Waals surface area contributed by atoms with Crippen LogP contribution in [0.5, 0.6) is 0 Å². The number of sulfone groups is 1. The summed E-state index contributed by atoms with van der Waals surface area (Å²) in [6, 6.07) is 5.55. The van der Waals surface area contributed by atoms with Crippen molar-refractivity contribution in [2.45, 2.75) is 38.0 Å². The molecule has 0 aliphatic heterocycles. The second-order valence-electron chi connectivity index (χ2n) is 5.04. The number of nitrogens with one attached hydrogen (secondary N) is 1. The van der Waals surface area contributed by atoms with E-state index in [9.17, 15) is 8.42 Å². The van der Waals surface area contributed by atoms with E-state index in [4.69, 9.17) is 11.6 Å². The smallest absolute Gasteiger partial charge is 0.151 e. The molecule has 1 aromatic carbocycles. The van der Waals surface area contributed by atoms with Crippen molar-refractivity contribution in [2.24, 2.45) is 0 Å². The summed E-state index contributed by atoms with van der Waals surface area (Å²) in [4.78, 5) is 0. The summed E-state index contributed by atoms with van der Waals surface area (Å²) in [7, 11) is -3.09. The van der Waals surface area contributed by atoms with Gasteiger partial charge in [0.2, 0.25) is 0 Å². The van der Waals surface area contributed by atoms with Gasteiger partial charge in [-0.15, -0.1) is 0 Å². The van der Waals surface area contributed by atoms with E-state index < -0.39 is 15.1 Å². The molecule has 1 N–H and O–H groups in total. The standard InChI is InChI=1S/C14H21BrClNO2S/c1-4-7-17-14(10(2)20(3,18)19)8-11-5-6-12(15)9-13(11)16/h5-6,9-10,14,17H,4,7-8H2,1-3H3. The van der Waals surface area contributed by atoms with Crippen molar-refractivity contribution in [2.75, 3.05) is 12.8 Å². The van der Waals surface area contributed by atoms with Crippen molar-refractivity contribution < 1.29 is 8.42 Å². The fourth-order valence-corrected chi connectivity index (χ4v) is 3.50. The average Bonchev–Trinajstić information content (AvgIpc) is 2.35. The predicted molar refractivity (Wildman–Crippen MR) is 89.2 cm³/mol. The number of rotatable bonds is 7. The van der Waals surface area contributed by atoms with E-state index >= 15 is 0 Å². The maximum atomic E-state index is 11.8. The molecular formula is C14H21BrClNO2S. The van der Waals surface area contributed by atoms with Crippen LogP contribution in [0, 0.1) is 0 Å². The van der Waals surface area contributed by atoms with E-state index in [2.05, 4.69) is 28.2 Å². The van der Waals surface area contributed by atoms with Crippen molar-refractivity contribution in [3.05, 3.63) is 33.3 Å². The molecule has 2 atom stereocenters. The van der Waals surface area contributed by atoms with Crippen LogP contribution < -0.4 is 5.32 Å². The van der Waals surface area contributed by atoms with Gasteiger partial charge in [0.1, 0.15) is 0 Å². The topological polar surface area (TPSA) is 46.2 Å². The lowest BCUT2D eigenvalue weighted by Gasteiger charge is -2.24. The van der Waals surface area contributed by atoms with Crippen LogP contribution in [0.1, 0.15) is 25.8 Å². The summed E-state index contributed by atoms with van der Waals surface area (Å²) in [5, 5.41) is 3.52. The maximum absolute atomic E-state index is 11.8. The van der Waals surface area contributed by atoms with Crippen molar-refractivity contribution in [3.63, 3.8) is 0 Å². The normalized spacial score (nSPS) is 15.1. The predicted octanol–water partition coefficient (Wildman–Crippen LogP) is 3.45. The minimum Gasteiger partial charge on any atom is -0.312 e. The number of halogens is 2. The van der Waals surface area contributed by atoms with Gasteiger partial charge in [0.25, 0.3) is 0 Å². The molecule has 2 unspecified atom stereocenters. The molecule has 1 aromatic rings. The summed E-state index contributed by atoms with van der Waals surface area (Å²) < 4.78 is 24.5. The van der Waals surface area contributed by atoms with Crippen LogP contribution in [0.15, 0.2) is 22.7 Å². The van der Waals surface area contributed by atoms with Crippen LogP contribution in [0.2, 0.25) is 5.02 Å². The van der Waals surface area contributed by atoms with Gasteiger partial charge in [-0.2, -0.15) is 0 Å². The monoisotopic (exact) mass is 381 g/mol. The zero-order valence-corrected chi connectivity index (χ0v) is 15.1. The molecular weight excluding hydrogens is 362 g/mol. The Bertz CT molecular complexity index is 548. The fourth-order valence-electron chi connectivity index (χ4n) is 1.96. The molecule has 0 aromatic heterocycles. The summed E-state index contributed by atoms with van der Waals surface area (Å²) in [5.74, 6) is 0. The highest BCUT2D eigenvalue weighted by atomic mass is 79.9. The zero-order chi connectivity index (χ0) is 15.3. The first kappa shape index (κ1) is 18.0. The summed E-state index contributed by atoms with van der Waals surface area (Å²) in [6.45, 7) is 4.59. The Kier molecular flexibility index (Phi) is 6.98. The van der Waals surface area contributed by atoms with Crippen molar-refractivity contribution >= 4 is 37.4 Å². The Balaban J connectivity index is 2.94. The minimum absolute atomic E-state index is 0.136. The Labute approximate surface area is 135 Å². The van der Waals surface area contributed by atoms with Crippen LogP contribution in [-0.2, 0) is 16.3 Å². The van der Waals surface area contributed by atoms with Crippen molar-refractivity contribution in [1.29, 1.82) is 0 Å². The largest absolute Gasteiger partial charge is 0.312 e. The highest BCUT2D eigenvalue weighted by Crippen LogP contribution is 2.23. The van der Waals surface area contributed by atoms with Gasteiger partial charge in [-0.1, -0.05) is 40.5 Å². The third kappa shape index (κ3) is 5.35. The highest BCUT2D eigenvalue weighted by molar-refractivity contribution is 9.10. The first-order valence-corrected chi connectivity index (χ1v) is 9.74. The van der Waals surface area contributed by atoms with E-state index in [1.807, 2.05) is 18.2 Å². The first-order valence-electron chi connectivity index (χ1n) is 6.62. The molecule has 0 heterocycles. The van der Waals surface area contributed by atoms with Gasteiger partial charge in [0.05, 0.1) is 5.25 Å². The summed E-state index contributed by atoms with van der Waals surface area (Å²) in [5.41, 5.74) is 0.957. The maximum Gasteiger partial charge on any atom is 0.151 e. The van der Waals surface area contributed by atoms with E-state index in [0.717, 1.165) is 23.0 Å². The van der Waals surface area contributed by atoms with Gasteiger partial charge in [0.15, 0.2) is 9.84 Å². The lowest BCUT2D eigenvalue weighted by molar-refractivity contribution is 0.482. The molecule has 0 amide bonds. The Morgan fingerprint density at radius 1 is 1.40 bits per heavy atom. The van der Waals surface area contributed by atoms with Gasteiger partial charge in [-0.3, -0.25) is 0 Å². The number of hydrogen-bond acceptors (Lipinski definition) is 3. The molecule has 1 rings (SSSR count). The summed E-state index contributed by atoms with van der Waals surface area (Å²) >= 11 is 9.59. The zero-order valence-electron chi connectivity index (χ0n) is 12.0. The Morgan fingerprint density at radius 3 is 2.55 bits per heavy atom. The van der Waals surface area contributed by atoms with Gasteiger partial charge in [-0.05, 0) is 44.0 Å². The van der Waals surface area contributed by atoms with Crippen LogP contribution >= 0.6 is 27.5 Å². The summed E-state index contributed by atoms with van der Waals surface area (Å²) in [6.07, 6.45) is 2.84. The number of hydrogen-bond donors (Lipinski definition) is 1. The quantitative estimate of drug-likeness (QED) is 0.785. The fraction of sp³-hybridized carbons (Fsp3) is 0.571. The van der Waals surface area contributed by atoms with Crippen molar-refractivity contribution in [3.8, 4) is 0 Å². The van der Waals surface area contributed by atoms with E-state index in [-0.39, 0.29) is 6.04 Å². The second kappa shape index (κ2) is 7.78. The SMILES string of the molecule is CCCNC(Cc1ccc(Br)cc1Cl)C(C)S(C)(=O)=O. The molecule has 20 heavy (non-hydrogen) atoms. The lowest BCUT2D eigenvalue weighted by Crippen LogP contribution is -2.44. The third-order valence-corrected chi connectivity index (χ3v) is 5.88.